The molecule has 3 rings (SSSR count). The Kier molecular flexibility index (Phi) is 8.40. The van der Waals surface area contributed by atoms with Crippen molar-refractivity contribution in [1.82, 2.24) is 10.4 Å². The van der Waals surface area contributed by atoms with Crippen molar-refractivity contribution in [2.24, 2.45) is 0 Å². The summed E-state index contributed by atoms with van der Waals surface area (Å²) in [7, 11) is 0. The van der Waals surface area contributed by atoms with Crippen LogP contribution in [0, 0.1) is 11.3 Å². The average Bonchev–Trinajstić information content (AvgIpc) is 2.82. The van der Waals surface area contributed by atoms with Gasteiger partial charge in [0.25, 0.3) is 0 Å². The fourth-order valence-electron chi connectivity index (χ4n) is 3.37. The number of benzene rings is 3. The number of nitrogens with one attached hydrogen (secondary N) is 2. The van der Waals surface area contributed by atoms with Crippen LogP contribution >= 0.6 is 11.6 Å². The van der Waals surface area contributed by atoms with E-state index in [9.17, 15) is 22.8 Å². The van der Waals surface area contributed by atoms with Crippen molar-refractivity contribution in [1.29, 1.82) is 5.26 Å². The number of rotatable bonds is 6. The Bertz CT molecular complexity index is 1260. The van der Waals surface area contributed by atoms with E-state index in [1.165, 1.54) is 19.1 Å². The van der Waals surface area contributed by atoms with Gasteiger partial charge in [-0.3, -0.25) is 9.80 Å². The third kappa shape index (κ3) is 7.65. The van der Waals surface area contributed by atoms with Crippen LogP contribution in [0.3, 0.4) is 0 Å². The van der Waals surface area contributed by atoms with Crippen molar-refractivity contribution >= 4 is 29.2 Å². The Morgan fingerprint density at radius 1 is 1.06 bits per heavy atom. The Labute approximate surface area is 210 Å². The van der Waals surface area contributed by atoms with Gasteiger partial charge < -0.3 is 10.1 Å². The molecule has 0 saturated carbocycles. The smallest absolute Gasteiger partial charge is 0.406 e. The molecule has 1 unspecified atom stereocenters. The molecular formula is C25H20ClF3N4O3. The first-order chi connectivity index (χ1) is 17.0. The number of hydrogen-bond donors (Lipinski definition) is 2. The lowest BCUT2D eigenvalue weighted by atomic mass is 9.90. The van der Waals surface area contributed by atoms with E-state index in [0.29, 0.717) is 10.6 Å². The molecule has 0 bridgehead atoms. The zero-order valence-corrected chi connectivity index (χ0v) is 19.6. The van der Waals surface area contributed by atoms with E-state index in [4.69, 9.17) is 16.9 Å². The molecule has 3 aromatic carbocycles. The van der Waals surface area contributed by atoms with E-state index in [1.807, 2.05) is 6.07 Å². The van der Waals surface area contributed by atoms with Gasteiger partial charge in [-0.25, -0.2) is 10.2 Å². The second kappa shape index (κ2) is 11.5. The van der Waals surface area contributed by atoms with Crippen LogP contribution in [0.25, 0.3) is 0 Å². The molecule has 0 aliphatic carbocycles. The Hall–Kier alpha value is -4.23. The molecule has 186 valence electrons. The number of amides is 3. The molecule has 11 heteroatoms. The standard InChI is InChI=1S/C25H20ClF3N4O3/c1-16(34)33(32-24(35)31-21-9-11-22(12-10-21)36-25(27,28)29)15-23(19-3-2-4-20(26)13-19)18-7-5-17(14-30)6-8-18/h2-13,23H,15H2,1H3,(H2,31,32,35). The molecule has 0 spiro atoms. The number of nitrogens with zero attached hydrogens (tertiary/aromatic N) is 2. The first-order valence-corrected chi connectivity index (χ1v) is 10.9. The van der Waals surface area contributed by atoms with E-state index >= 15 is 0 Å². The van der Waals surface area contributed by atoms with E-state index in [-0.39, 0.29) is 12.2 Å². The predicted molar refractivity (Wildman–Crippen MR) is 127 cm³/mol. The maximum absolute atomic E-state index is 12.5. The van der Waals surface area contributed by atoms with Crippen LogP contribution in [-0.4, -0.2) is 29.9 Å². The summed E-state index contributed by atoms with van der Waals surface area (Å²) in [5.74, 6) is -1.30. The van der Waals surface area contributed by atoms with E-state index in [2.05, 4.69) is 21.5 Å². The summed E-state index contributed by atoms with van der Waals surface area (Å²) in [6.07, 6.45) is -4.83. The number of alkyl halides is 3. The molecular weight excluding hydrogens is 497 g/mol. The van der Waals surface area contributed by atoms with Gasteiger partial charge in [-0.15, -0.1) is 13.2 Å². The van der Waals surface area contributed by atoms with Gasteiger partial charge in [0.2, 0.25) is 5.91 Å². The number of nitriles is 1. The topological polar surface area (TPSA) is 94.5 Å². The lowest BCUT2D eigenvalue weighted by Gasteiger charge is -2.28. The normalized spacial score (nSPS) is 11.7. The number of anilines is 1. The van der Waals surface area contributed by atoms with Crippen LogP contribution < -0.4 is 15.5 Å². The highest BCUT2D eigenvalue weighted by atomic mass is 35.5. The zero-order chi connectivity index (χ0) is 26.3. The molecule has 0 saturated heterocycles. The molecule has 7 nitrogen and oxygen atoms in total. The molecule has 0 fully saturated rings. The molecule has 0 aromatic heterocycles. The highest BCUT2D eigenvalue weighted by Crippen LogP contribution is 2.28. The van der Waals surface area contributed by atoms with E-state index < -0.39 is 30.0 Å². The zero-order valence-electron chi connectivity index (χ0n) is 18.8. The number of hydrazine groups is 1. The first-order valence-electron chi connectivity index (χ1n) is 10.5. The van der Waals surface area contributed by atoms with Gasteiger partial charge in [-0.05, 0) is 59.7 Å². The Morgan fingerprint density at radius 2 is 1.72 bits per heavy atom. The fourth-order valence-corrected chi connectivity index (χ4v) is 3.57. The first kappa shape index (κ1) is 26.4. The van der Waals surface area contributed by atoms with Crippen LogP contribution in [0.15, 0.2) is 72.8 Å². The van der Waals surface area contributed by atoms with Gasteiger partial charge in [-0.2, -0.15) is 5.26 Å². The van der Waals surface area contributed by atoms with Crippen molar-refractivity contribution in [3.63, 3.8) is 0 Å². The summed E-state index contributed by atoms with van der Waals surface area (Å²) in [6.45, 7) is 1.31. The minimum Gasteiger partial charge on any atom is -0.406 e. The molecule has 36 heavy (non-hydrogen) atoms. The largest absolute Gasteiger partial charge is 0.573 e. The third-order valence-corrected chi connectivity index (χ3v) is 5.26. The van der Waals surface area contributed by atoms with Crippen LogP contribution in [0.5, 0.6) is 5.75 Å². The van der Waals surface area contributed by atoms with Gasteiger partial charge in [0.1, 0.15) is 5.75 Å². The molecule has 0 radical (unpaired) electrons. The summed E-state index contributed by atoms with van der Waals surface area (Å²) < 4.78 is 40.8. The van der Waals surface area contributed by atoms with Crippen LogP contribution in [0.4, 0.5) is 23.7 Å². The van der Waals surface area contributed by atoms with Gasteiger partial charge in [-0.1, -0.05) is 35.9 Å². The predicted octanol–water partition coefficient (Wildman–Crippen LogP) is 5.83. The molecule has 0 heterocycles. The number of urea groups is 1. The quantitative estimate of drug-likeness (QED) is 0.403. The second-order valence-electron chi connectivity index (χ2n) is 7.61. The summed E-state index contributed by atoms with van der Waals surface area (Å²) in [5.41, 5.74) is 4.68. The minimum atomic E-state index is -4.83. The van der Waals surface area contributed by atoms with Crippen molar-refractivity contribution in [3.05, 3.63) is 94.5 Å². The SMILES string of the molecule is CC(=O)N(CC(c1ccc(C#N)cc1)c1cccc(Cl)c1)NC(=O)Nc1ccc(OC(F)(F)F)cc1. The highest BCUT2D eigenvalue weighted by molar-refractivity contribution is 6.30. The summed E-state index contributed by atoms with van der Waals surface area (Å²) in [4.78, 5) is 24.9. The van der Waals surface area contributed by atoms with Crippen molar-refractivity contribution in [2.45, 2.75) is 19.2 Å². The minimum absolute atomic E-state index is 0.0351. The van der Waals surface area contributed by atoms with Crippen molar-refractivity contribution in [3.8, 4) is 11.8 Å². The average molecular weight is 517 g/mol. The number of carbonyl (C=O) groups is 2. The lowest BCUT2D eigenvalue weighted by Crippen LogP contribution is -2.48. The summed E-state index contributed by atoms with van der Waals surface area (Å²) in [6, 6.07) is 19.7. The monoisotopic (exact) mass is 516 g/mol. The molecule has 0 aliphatic heterocycles. The summed E-state index contributed by atoms with van der Waals surface area (Å²) >= 11 is 6.17. The molecule has 3 amide bonds. The number of halogens is 4. The molecule has 0 aliphatic rings. The highest BCUT2D eigenvalue weighted by Gasteiger charge is 2.31. The maximum Gasteiger partial charge on any atom is 0.573 e. The van der Waals surface area contributed by atoms with Crippen molar-refractivity contribution < 1.29 is 27.5 Å². The second-order valence-corrected chi connectivity index (χ2v) is 8.05. The molecule has 3 aromatic rings. The summed E-state index contributed by atoms with van der Waals surface area (Å²) in [5, 5.41) is 13.1. The van der Waals surface area contributed by atoms with Gasteiger partial charge in [0.15, 0.2) is 0 Å². The Morgan fingerprint density at radius 3 is 2.28 bits per heavy atom. The number of hydrogen-bond acceptors (Lipinski definition) is 4. The van der Waals surface area contributed by atoms with Gasteiger partial charge in [0.05, 0.1) is 18.2 Å². The number of ether oxygens (including phenoxy) is 1. The van der Waals surface area contributed by atoms with Gasteiger partial charge >= 0.3 is 12.4 Å². The van der Waals surface area contributed by atoms with Crippen LogP contribution in [0.1, 0.15) is 29.5 Å². The van der Waals surface area contributed by atoms with Crippen LogP contribution in [0.2, 0.25) is 5.02 Å². The van der Waals surface area contributed by atoms with E-state index in [1.54, 1.807) is 42.5 Å². The van der Waals surface area contributed by atoms with Gasteiger partial charge in [0, 0.05) is 23.6 Å². The van der Waals surface area contributed by atoms with Crippen molar-refractivity contribution in [2.75, 3.05) is 11.9 Å². The lowest BCUT2D eigenvalue weighted by molar-refractivity contribution is -0.274. The fraction of sp³-hybridized carbons (Fsp3) is 0.160. The van der Waals surface area contributed by atoms with E-state index in [0.717, 1.165) is 28.3 Å². The molecule has 1 atom stereocenters. The Balaban J connectivity index is 1.77. The third-order valence-electron chi connectivity index (χ3n) is 5.02. The maximum atomic E-state index is 12.5. The number of carbonyl (C=O) groups excluding carboxylic acids is 2. The van der Waals surface area contributed by atoms with Crippen LogP contribution in [-0.2, 0) is 4.79 Å². The molecule has 2 N–H and O–H groups in total.